The molecule has 0 saturated carbocycles. The second kappa shape index (κ2) is 15.4. The van der Waals surface area contributed by atoms with Gasteiger partial charge >= 0.3 is 5.97 Å². The molecule has 0 spiro atoms. The van der Waals surface area contributed by atoms with Crippen LogP contribution in [0.4, 0.5) is 0 Å². The average Bonchev–Trinajstić information content (AvgIpc) is 3.37. The highest BCUT2D eigenvalue weighted by atomic mass is 31.2. The van der Waals surface area contributed by atoms with Crippen molar-refractivity contribution < 1.29 is 23.7 Å². The van der Waals surface area contributed by atoms with Crippen LogP contribution in [0.2, 0.25) is 0 Å². The zero-order chi connectivity index (χ0) is 28.2. The van der Waals surface area contributed by atoms with E-state index in [1.54, 1.807) is 6.92 Å². The Balaban J connectivity index is 1.25. The molecule has 4 rings (SSSR count). The summed E-state index contributed by atoms with van der Waals surface area (Å²) >= 11 is 0. The molecule has 1 aliphatic rings. The van der Waals surface area contributed by atoms with E-state index in [2.05, 4.69) is 21.5 Å². The SMILES string of the molecule is CCOP(=O)(CCCc1c[nH]c2ccccc12)N[C@@H](Cc1ccc(OCCCCC2CCNCC2)cc1)C(=O)O. The Morgan fingerprint density at radius 1 is 1.10 bits per heavy atom. The molecule has 3 aromatic rings. The van der Waals surface area contributed by atoms with Crippen molar-refractivity contribution >= 4 is 24.4 Å². The smallest absolute Gasteiger partial charge is 0.321 e. The molecule has 0 bridgehead atoms. The Labute approximate surface area is 237 Å². The summed E-state index contributed by atoms with van der Waals surface area (Å²) in [4.78, 5) is 15.4. The van der Waals surface area contributed by atoms with E-state index in [1.807, 2.05) is 48.7 Å². The van der Waals surface area contributed by atoms with Crippen molar-refractivity contribution in [3.63, 3.8) is 0 Å². The molecule has 2 aromatic carbocycles. The molecule has 1 saturated heterocycles. The van der Waals surface area contributed by atoms with Crippen LogP contribution in [0.5, 0.6) is 5.75 Å². The van der Waals surface area contributed by atoms with Crippen molar-refractivity contribution in [2.75, 3.05) is 32.5 Å². The number of benzene rings is 2. The first-order valence-electron chi connectivity index (χ1n) is 14.7. The lowest BCUT2D eigenvalue weighted by Crippen LogP contribution is -2.37. The van der Waals surface area contributed by atoms with Crippen molar-refractivity contribution in [2.45, 2.75) is 64.3 Å². The molecule has 8 nitrogen and oxygen atoms in total. The average molecular weight is 570 g/mol. The number of piperidine rings is 1. The molecule has 1 unspecified atom stereocenters. The zero-order valence-corrected chi connectivity index (χ0v) is 24.5. The second-order valence-electron chi connectivity index (χ2n) is 10.7. The summed E-state index contributed by atoms with van der Waals surface area (Å²) < 4.78 is 25.1. The third kappa shape index (κ3) is 9.20. The van der Waals surface area contributed by atoms with Gasteiger partial charge in [0.15, 0.2) is 0 Å². The molecule has 0 radical (unpaired) electrons. The largest absolute Gasteiger partial charge is 0.494 e. The maximum Gasteiger partial charge on any atom is 0.321 e. The van der Waals surface area contributed by atoms with Gasteiger partial charge < -0.3 is 24.7 Å². The van der Waals surface area contributed by atoms with E-state index in [0.717, 1.165) is 59.6 Å². The number of ether oxygens (including phenoxy) is 1. The molecular weight excluding hydrogens is 525 g/mol. The third-order valence-corrected chi connectivity index (χ3v) is 9.94. The molecule has 9 heteroatoms. The second-order valence-corrected chi connectivity index (χ2v) is 13.0. The van der Waals surface area contributed by atoms with Crippen molar-refractivity contribution in [3.05, 3.63) is 65.9 Å². The van der Waals surface area contributed by atoms with E-state index in [1.165, 1.54) is 25.7 Å². The van der Waals surface area contributed by atoms with Gasteiger partial charge in [-0.1, -0.05) is 36.8 Å². The number of aromatic nitrogens is 1. The molecule has 1 aliphatic heterocycles. The van der Waals surface area contributed by atoms with Crippen molar-refractivity contribution in [1.29, 1.82) is 0 Å². The fraction of sp³-hybridized carbons (Fsp3) is 0.516. The number of para-hydroxylation sites is 1. The highest BCUT2D eigenvalue weighted by Gasteiger charge is 2.30. The Morgan fingerprint density at radius 3 is 2.62 bits per heavy atom. The van der Waals surface area contributed by atoms with Gasteiger partial charge in [0.2, 0.25) is 0 Å². The Bertz CT molecular complexity index is 1240. The molecule has 1 aromatic heterocycles. The Morgan fingerprint density at radius 2 is 1.88 bits per heavy atom. The highest BCUT2D eigenvalue weighted by molar-refractivity contribution is 7.56. The summed E-state index contributed by atoms with van der Waals surface area (Å²) in [6.07, 6.45) is 9.80. The standard InChI is InChI=1S/C31H44N3O5P/c1-2-39-40(37,21-7-9-26-23-33-29-11-4-3-10-28(26)29)34-30(31(35)36)22-25-12-14-27(15-13-25)38-20-6-5-8-24-16-18-32-19-17-24/h3-4,10-15,23-24,30,32-33H,2,5-9,16-22H2,1H3,(H,34,37)(H,35,36)/t30-,40?/m0/s1. The van der Waals surface area contributed by atoms with E-state index in [-0.39, 0.29) is 19.2 Å². The van der Waals surface area contributed by atoms with Gasteiger partial charge in [-0.3, -0.25) is 9.36 Å². The van der Waals surface area contributed by atoms with Gasteiger partial charge in [0.25, 0.3) is 7.52 Å². The number of nitrogens with one attached hydrogen (secondary N) is 3. The lowest BCUT2D eigenvalue weighted by Gasteiger charge is -2.23. The minimum absolute atomic E-state index is 0.200. The normalized spacial score (nSPS) is 16.5. The first-order valence-corrected chi connectivity index (χ1v) is 16.5. The lowest BCUT2D eigenvalue weighted by molar-refractivity contribution is -0.139. The van der Waals surface area contributed by atoms with Crippen LogP contribution in [0.15, 0.2) is 54.7 Å². The zero-order valence-electron chi connectivity index (χ0n) is 23.6. The van der Waals surface area contributed by atoms with E-state index >= 15 is 0 Å². The number of rotatable bonds is 17. The molecule has 2 heterocycles. The van der Waals surface area contributed by atoms with Gasteiger partial charge in [0.1, 0.15) is 11.8 Å². The maximum absolute atomic E-state index is 13.6. The predicted molar refractivity (Wildman–Crippen MR) is 160 cm³/mol. The van der Waals surface area contributed by atoms with Crippen LogP contribution in [0.25, 0.3) is 10.9 Å². The number of unbranched alkanes of at least 4 members (excludes halogenated alkanes) is 1. The van der Waals surface area contributed by atoms with Crippen LogP contribution in [0.3, 0.4) is 0 Å². The van der Waals surface area contributed by atoms with Crippen molar-refractivity contribution in [3.8, 4) is 5.75 Å². The number of aromatic amines is 1. The van der Waals surface area contributed by atoms with E-state index in [0.29, 0.717) is 13.0 Å². The van der Waals surface area contributed by atoms with Gasteiger partial charge in [0.05, 0.1) is 13.2 Å². The number of fused-ring (bicyclic) bond motifs is 1. The van der Waals surface area contributed by atoms with E-state index < -0.39 is 19.5 Å². The van der Waals surface area contributed by atoms with Crippen molar-refractivity contribution in [1.82, 2.24) is 15.4 Å². The molecule has 1 fully saturated rings. The quantitative estimate of drug-likeness (QED) is 0.114. The summed E-state index contributed by atoms with van der Waals surface area (Å²) in [5, 5.41) is 17.3. The monoisotopic (exact) mass is 569 g/mol. The molecular formula is C31H44N3O5P. The van der Waals surface area contributed by atoms with Crippen LogP contribution >= 0.6 is 7.52 Å². The van der Waals surface area contributed by atoms with Crippen LogP contribution < -0.4 is 15.1 Å². The van der Waals surface area contributed by atoms with Crippen LogP contribution in [0, 0.1) is 5.92 Å². The lowest BCUT2D eigenvalue weighted by atomic mass is 9.93. The summed E-state index contributed by atoms with van der Waals surface area (Å²) in [5.41, 5.74) is 3.05. The summed E-state index contributed by atoms with van der Waals surface area (Å²) in [6.45, 7) is 4.98. The third-order valence-electron chi connectivity index (χ3n) is 7.66. The number of hydrogen-bond acceptors (Lipinski definition) is 5. The maximum atomic E-state index is 13.6. The minimum Gasteiger partial charge on any atom is -0.494 e. The van der Waals surface area contributed by atoms with Crippen molar-refractivity contribution in [2.24, 2.45) is 5.92 Å². The van der Waals surface area contributed by atoms with Gasteiger partial charge in [-0.15, -0.1) is 0 Å². The number of carboxylic acid groups (broad SMARTS) is 1. The topological polar surface area (TPSA) is 113 Å². The van der Waals surface area contributed by atoms with Crippen LogP contribution in [0.1, 0.15) is 56.6 Å². The first-order chi connectivity index (χ1) is 19.5. The number of hydrogen-bond donors (Lipinski definition) is 4. The van der Waals surface area contributed by atoms with Gasteiger partial charge in [-0.2, -0.15) is 0 Å². The minimum atomic E-state index is -3.36. The number of carboxylic acids is 1. The molecule has 4 N–H and O–H groups in total. The first kappa shape index (κ1) is 30.3. The molecule has 0 amide bonds. The number of H-pyrrole nitrogens is 1. The van der Waals surface area contributed by atoms with Gasteiger partial charge in [-0.05, 0) is 100 Å². The summed E-state index contributed by atoms with van der Waals surface area (Å²) in [5.74, 6) is 0.571. The molecule has 0 aliphatic carbocycles. The number of aryl methyl sites for hydroxylation is 1. The van der Waals surface area contributed by atoms with Gasteiger partial charge in [-0.25, -0.2) is 5.09 Å². The van der Waals surface area contributed by atoms with Gasteiger partial charge in [0, 0.05) is 23.3 Å². The number of carbonyl (C=O) groups is 1. The summed E-state index contributed by atoms with van der Waals surface area (Å²) in [6, 6.07) is 14.6. The number of aliphatic carboxylic acids is 1. The molecule has 40 heavy (non-hydrogen) atoms. The van der Waals surface area contributed by atoms with Crippen LogP contribution in [-0.4, -0.2) is 54.6 Å². The molecule has 2 atom stereocenters. The Hall–Kier alpha value is -2.64. The van der Waals surface area contributed by atoms with Crippen LogP contribution in [-0.2, 0) is 26.7 Å². The van der Waals surface area contributed by atoms with E-state index in [9.17, 15) is 14.5 Å². The fourth-order valence-corrected chi connectivity index (χ4v) is 7.47. The summed E-state index contributed by atoms with van der Waals surface area (Å²) in [7, 11) is -3.36. The fourth-order valence-electron chi connectivity index (χ4n) is 5.47. The molecule has 218 valence electrons. The Kier molecular flexibility index (Phi) is 11.7. The highest BCUT2D eigenvalue weighted by Crippen LogP contribution is 2.44. The van der Waals surface area contributed by atoms with E-state index in [4.69, 9.17) is 9.26 Å². The predicted octanol–water partition coefficient (Wildman–Crippen LogP) is 6.16.